The maximum Gasteiger partial charge on any atom is 0.340 e. The van der Waals surface area contributed by atoms with Crippen LogP contribution in [0, 0.1) is 6.92 Å². The molecule has 0 unspecified atom stereocenters. The molecule has 1 heterocycles. The summed E-state index contributed by atoms with van der Waals surface area (Å²) in [7, 11) is 1.18. The predicted molar refractivity (Wildman–Crippen MR) is 65.7 cm³/mol. The van der Waals surface area contributed by atoms with Crippen LogP contribution in [0.2, 0.25) is 0 Å². The molecule has 0 aromatic carbocycles. The normalized spacial score (nSPS) is 10.4. The summed E-state index contributed by atoms with van der Waals surface area (Å²) in [4.78, 5) is 27.3. The van der Waals surface area contributed by atoms with Gasteiger partial charge in [-0.2, -0.15) is 0 Å². The average Bonchev–Trinajstić information content (AvgIpc) is 2.36. The molecule has 0 amide bonds. The number of nitrogens with zero attached hydrogens (tertiary/aromatic N) is 1. The fourth-order valence-electron chi connectivity index (χ4n) is 1.53. The predicted octanol–water partition coefficient (Wildman–Crippen LogP) is 2.21. The second-order valence-electron chi connectivity index (χ2n) is 4.19. The van der Waals surface area contributed by atoms with E-state index in [1.165, 1.54) is 13.2 Å². The van der Waals surface area contributed by atoms with Gasteiger partial charge in [0.2, 0.25) is 0 Å². The highest BCUT2D eigenvalue weighted by atomic mass is 19.1. The van der Waals surface area contributed by atoms with Crippen LogP contribution in [0.1, 0.15) is 46.0 Å². The van der Waals surface area contributed by atoms with E-state index in [-0.39, 0.29) is 22.9 Å². The Morgan fingerprint density at radius 1 is 1.32 bits per heavy atom. The van der Waals surface area contributed by atoms with Gasteiger partial charge in [0.15, 0.2) is 0 Å². The number of methoxy groups -OCH3 is 1. The fourth-order valence-corrected chi connectivity index (χ4v) is 1.53. The Labute approximate surface area is 110 Å². The van der Waals surface area contributed by atoms with Gasteiger partial charge in [0.25, 0.3) is 0 Å². The second-order valence-corrected chi connectivity index (χ2v) is 4.19. The molecule has 0 bridgehead atoms. The first-order chi connectivity index (χ1) is 8.90. The Bertz CT molecular complexity index is 500. The van der Waals surface area contributed by atoms with Gasteiger partial charge in [-0.3, -0.25) is 4.98 Å². The van der Waals surface area contributed by atoms with E-state index in [9.17, 15) is 14.0 Å². The standard InChI is InChI=1S/C13H16FNO4/c1-7(2)19-13(17)9-5-10(12(16)18-4)11(6-14)15-8(9)3/h5,7H,6H2,1-4H3. The van der Waals surface area contributed by atoms with Crippen LogP contribution < -0.4 is 0 Å². The average molecular weight is 269 g/mol. The summed E-state index contributed by atoms with van der Waals surface area (Å²) in [5, 5.41) is 0. The first kappa shape index (κ1) is 15.1. The molecule has 0 saturated heterocycles. The van der Waals surface area contributed by atoms with Crippen LogP contribution in [0.4, 0.5) is 4.39 Å². The first-order valence-electron chi connectivity index (χ1n) is 5.76. The van der Waals surface area contributed by atoms with Crippen molar-refractivity contribution in [3.63, 3.8) is 0 Å². The lowest BCUT2D eigenvalue weighted by molar-refractivity contribution is 0.0376. The topological polar surface area (TPSA) is 65.5 Å². The van der Waals surface area contributed by atoms with Gasteiger partial charge in [0, 0.05) is 0 Å². The van der Waals surface area contributed by atoms with Gasteiger partial charge in [0.1, 0.15) is 6.67 Å². The van der Waals surface area contributed by atoms with Crippen molar-refractivity contribution in [3.8, 4) is 0 Å². The van der Waals surface area contributed by atoms with Crippen molar-refractivity contribution in [2.75, 3.05) is 7.11 Å². The number of aromatic nitrogens is 1. The van der Waals surface area contributed by atoms with E-state index < -0.39 is 18.6 Å². The summed E-state index contributed by atoms with van der Waals surface area (Å²) in [5.74, 6) is -1.34. The van der Waals surface area contributed by atoms with Gasteiger partial charge in [-0.1, -0.05) is 0 Å². The second kappa shape index (κ2) is 6.26. The number of hydrogen-bond donors (Lipinski definition) is 0. The lowest BCUT2D eigenvalue weighted by Gasteiger charge is -2.12. The molecule has 1 aromatic rings. The van der Waals surface area contributed by atoms with E-state index in [1.54, 1.807) is 20.8 Å². The summed E-state index contributed by atoms with van der Waals surface area (Å²) < 4.78 is 22.4. The molecule has 0 fully saturated rings. The summed E-state index contributed by atoms with van der Waals surface area (Å²) in [6.07, 6.45) is -0.297. The summed E-state index contributed by atoms with van der Waals surface area (Å²) in [5.41, 5.74) is 0.328. The van der Waals surface area contributed by atoms with Gasteiger partial charge in [-0.15, -0.1) is 0 Å². The maximum absolute atomic E-state index is 12.8. The van der Waals surface area contributed by atoms with E-state index in [1.807, 2.05) is 0 Å². The van der Waals surface area contributed by atoms with Crippen molar-refractivity contribution >= 4 is 11.9 Å². The molecule has 0 aliphatic carbocycles. The molecule has 104 valence electrons. The highest BCUT2D eigenvalue weighted by molar-refractivity contribution is 5.96. The third-order valence-electron chi connectivity index (χ3n) is 2.39. The largest absolute Gasteiger partial charge is 0.465 e. The zero-order valence-electron chi connectivity index (χ0n) is 11.3. The highest BCUT2D eigenvalue weighted by Crippen LogP contribution is 2.17. The summed E-state index contributed by atoms with van der Waals surface area (Å²) in [6, 6.07) is 1.26. The Morgan fingerprint density at radius 3 is 2.42 bits per heavy atom. The Balaban J connectivity index is 3.27. The molecular formula is C13H16FNO4. The minimum Gasteiger partial charge on any atom is -0.465 e. The number of hydrogen-bond acceptors (Lipinski definition) is 5. The molecular weight excluding hydrogens is 253 g/mol. The van der Waals surface area contributed by atoms with Crippen LogP contribution >= 0.6 is 0 Å². The molecule has 6 heteroatoms. The van der Waals surface area contributed by atoms with Gasteiger partial charge in [0.05, 0.1) is 35.7 Å². The van der Waals surface area contributed by atoms with Crippen LogP contribution in [0.25, 0.3) is 0 Å². The molecule has 0 radical (unpaired) electrons. The van der Waals surface area contributed by atoms with Gasteiger partial charge < -0.3 is 9.47 Å². The van der Waals surface area contributed by atoms with Crippen molar-refractivity contribution in [2.45, 2.75) is 33.5 Å². The van der Waals surface area contributed by atoms with E-state index in [4.69, 9.17) is 4.74 Å². The van der Waals surface area contributed by atoms with Gasteiger partial charge >= 0.3 is 11.9 Å². The van der Waals surface area contributed by atoms with E-state index in [2.05, 4.69) is 9.72 Å². The third-order valence-corrected chi connectivity index (χ3v) is 2.39. The van der Waals surface area contributed by atoms with Crippen LogP contribution in [0.3, 0.4) is 0 Å². The Morgan fingerprint density at radius 2 is 1.95 bits per heavy atom. The molecule has 0 atom stereocenters. The van der Waals surface area contributed by atoms with Crippen molar-refractivity contribution in [3.05, 3.63) is 28.6 Å². The van der Waals surface area contributed by atoms with Gasteiger partial charge in [-0.05, 0) is 26.8 Å². The number of carbonyl (C=O) groups is 2. The van der Waals surface area contributed by atoms with Crippen LogP contribution in [-0.2, 0) is 16.1 Å². The molecule has 0 aliphatic heterocycles. The number of ether oxygens (including phenoxy) is 2. The first-order valence-corrected chi connectivity index (χ1v) is 5.76. The number of esters is 2. The molecule has 1 aromatic heterocycles. The van der Waals surface area contributed by atoms with Crippen molar-refractivity contribution in [1.82, 2.24) is 4.98 Å². The van der Waals surface area contributed by atoms with Crippen molar-refractivity contribution < 1.29 is 23.5 Å². The zero-order valence-corrected chi connectivity index (χ0v) is 11.3. The molecule has 1 rings (SSSR count). The fraction of sp³-hybridized carbons (Fsp3) is 0.462. The Kier molecular flexibility index (Phi) is 4.97. The van der Waals surface area contributed by atoms with E-state index >= 15 is 0 Å². The molecule has 19 heavy (non-hydrogen) atoms. The quantitative estimate of drug-likeness (QED) is 0.784. The maximum atomic E-state index is 12.8. The van der Waals surface area contributed by atoms with Crippen molar-refractivity contribution in [2.24, 2.45) is 0 Å². The number of aryl methyl sites for hydroxylation is 1. The highest BCUT2D eigenvalue weighted by Gasteiger charge is 2.21. The van der Waals surface area contributed by atoms with E-state index in [0.29, 0.717) is 5.69 Å². The Hall–Kier alpha value is -1.98. The third kappa shape index (κ3) is 3.49. The number of rotatable bonds is 4. The number of alkyl halides is 1. The number of halogens is 1. The monoisotopic (exact) mass is 269 g/mol. The summed E-state index contributed by atoms with van der Waals surface area (Å²) in [6.45, 7) is 4.05. The molecule has 0 N–H and O–H groups in total. The van der Waals surface area contributed by atoms with Crippen molar-refractivity contribution in [1.29, 1.82) is 0 Å². The lowest BCUT2D eigenvalue weighted by Crippen LogP contribution is -2.16. The molecule has 0 aliphatic rings. The smallest absolute Gasteiger partial charge is 0.340 e. The van der Waals surface area contributed by atoms with Gasteiger partial charge in [-0.25, -0.2) is 14.0 Å². The van der Waals surface area contributed by atoms with Crippen LogP contribution in [-0.4, -0.2) is 30.1 Å². The summed E-state index contributed by atoms with van der Waals surface area (Å²) >= 11 is 0. The number of carbonyl (C=O) groups excluding carboxylic acids is 2. The molecule has 0 saturated carbocycles. The minimum absolute atomic E-state index is 0.0505. The van der Waals surface area contributed by atoms with Crippen LogP contribution in [0.15, 0.2) is 6.07 Å². The molecule has 5 nitrogen and oxygen atoms in total. The minimum atomic E-state index is -0.912. The molecule has 0 spiro atoms. The SMILES string of the molecule is COC(=O)c1cc(C(=O)OC(C)C)c(C)nc1CF. The number of pyridine rings is 1. The van der Waals surface area contributed by atoms with E-state index in [0.717, 1.165) is 0 Å². The zero-order chi connectivity index (χ0) is 14.6. The lowest BCUT2D eigenvalue weighted by atomic mass is 10.1. The van der Waals surface area contributed by atoms with Crippen LogP contribution in [0.5, 0.6) is 0 Å².